The summed E-state index contributed by atoms with van der Waals surface area (Å²) < 4.78 is 0. The zero-order valence-corrected chi connectivity index (χ0v) is 8.05. The van der Waals surface area contributed by atoms with Gasteiger partial charge in [-0.3, -0.25) is 4.79 Å². The Kier molecular flexibility index (Phi) is 4.59. The van der Waals surface area contributed by atoms with E-state index in [1.165, 1.54) is 0 Å². The fourth-order valence-corrected chi connectivity index (χ4v) is 1.09. The zero-order chi connectivity index (χ0) is 9.72. The Morgan fingerprint density at radius 1 is 1.58 bits per heavy atom. The Morgan fingerprint density at radius 3 is 2.33 bits per heavy atom. The second-order valence-electron chi connectivity index (χ2n) is 3.34. The molecule has 0 saturated carbocycles. The molecule has 70 valence electrons. The molecule has 3 nitrogen and oxygen atoms in total. The smallest absolute Gasteiger partial charge is 0.234 e. The van der Waals surface area contributed by atoms with Crippen molar-refractivity contribution in [3.63, 3.8) is 0 Å². The van der Waals surface area contributed by atoms with Crippen LogP contribution in [0.1, 0.15) is 20.8 Å². The lowest BCUT2D eigenvalue weighted by molar-refractivity contribution is -0.120. The molecule has 1 atom stereocenters. The molecule has 0 aliphatic rings. The number of carbonyl (C=O) groups excluding carboxylic acids is 1. The monoisotopic (exact) mass is 170 g/mol. The highest BCUT2D eigenvalue weighted by atomic mass is 16.1. The molecule has 0 aliphatic heterocycles. The number of nitrogens with one attached hydrogen (secondary N) is 1. The van der Waals surface area contributed by atoms with Crippen LogP contribution in [0.15, 0.2) is 12.2 Å². The van der Waals surface area contributed by atoms with Crippen LogP contribution in [0.5, 0.6) is 0 Å². The maximum Gasteiger partial charge on any atom is 0.234 e. The predicted octanol–water partition coefficient (Wildman–Crippen LogP) is 0.662. The molecule has 0 radical (unpaired) electrons. The van der Waals surface area contributed by atoms with Gasteiger partial charge in [0.1, 0.15) is 0 Å². The SMILES string of the molecule is C=C(C)C(NC(=O)CN)C(C)C. The van der Waals surface area contributed by atoms with Crippen LogP contribution >= 0.6 is 0 Å². The minimum Gasteiger partial charge on any atom is -0.348 e. The van der Waals surface area contributed by atoms with E-state index < -0.39 is 0 Å². The van der Waals surface area contributed by atoms with Gasteiger partial charge >= 0.3 is 0 Å². The number of hydrogen-bond acceptors (Lipinski definition) is 2. The van der Waals surface area contributed by atoms with Crippen molar-refractivity contribution < 1.29 is 4.79 Å². The average Bonchev–Trinajstić information content (AvgIpc) is 1.98. The van der Waals surface area contributed by atoms with Crippen LogP contribution in [-0.2, 0) is 4.79 Å². The van der Waals surface area contributed by atoms with Crippen LogP contribution in [0.4, 0.5) is 0 Å². The Labute approximate surface area is 74.0 Å². The van der Waals surface area contributed by atoms with Crippen LogP contribution in [0.3, 0.4) is 0 Å². The Morgan fingerprint density at radius 2 is 2.08 bits per heavy atom. The summed E-state index contributed by atoms with van der Waals surface area (Å²) in [6, 6.07) is 0.0426. The van der Waals surface area contributed by atoms with Gasteiger partial charge in [0.2, 0.25) is 5.91 Å². The molecule has 0 bridgehead atoms. The van der Waals surface area contributed by atoms with E-state index in [1.54, 1.807) is 0 Å². The van der Waals surface area contributed by atoms with Gasteiger partial charge in [-0.25, -0.2) is 0 Å². The van der Waals surface area contributed by atoms with Crippen molar-refractivity contribution >= 4 is 5.91 Å². The Bertz CT molecular complexity index is 175. The molecule has 0 aliphatic carbocycles. The minimum atomic E-state index is -0.128. The van der Waals surface area contributed by atoms with E-state index in [2.05, 4.69) is 11.9 Å². The Hall–Kier alpha value is -0.830. The second kappa shape index (κ2) is 4.93. The Balaban J connectivity index is 4.14. The molecular weight excluding hydrogens is 152 g/mol. The second-order valence-corrected chi connectivity index (χ2v) is 3.34. The third-order valence-electron chi connectivity index (χ3n) is 1.70. The molecule has 12 heavy (non-hydrogen) atoms. The van der Waals surface area contributed by atoms with Gasteiger partial charge in [0.25, 0.3) is 0 Å². The number of nitrogens with two attached hydrogens (primary N) is 1. The van der Waals surface area contributed by atoms with Crippen LogP contribution in [0, 0.1) is 5.92 Å². The topological polar surface area (TPSA) is 55.1 Å². The minimum absolute atomic E-state index is 0.0382. The lowest BCUT2D eigenvalue weighted by Crippen LogP contribution is -2.42. The van der Waals surface area contributed by atoms with Gasteiger partial charge in [0.15, 0.2) is 0 Å². The molecule has 0 aromatic heterocycles. The summed E-state index contributed by atoms with van der Waals surface area (Å²) >= 11 is 0. The van der Waals surface area contributed by atoms with Gasteiger partial charge in [-0.1, -0.05) is 26.0 Å². The van der Waals surface area contributed by atoms with E-state index in [-0.39, 0.29) is 18.5 Å². The number of carbonyl (C=O) groups is 1. The highest BCUT2D eigenvalue weighted by Gasteiger charge is 2.15. The van der Waals surface area contributed by atoms with Crippen molar-refractivity contribution in [2.45, 2.75) is 26.8 Å². The van der Waals surface area contributed by atoms with Gasteiger partial charge in [0, 0.05) is 0 Å². The molecule has 1 unspecified atom stereocenters. The first-order valence-corrected chi connectivity index (χ1v) is 4.13. The third kappa shape index (κ3) is 3.53. The maximum absolute atomic E-state index is 11.0. The molecule has 1 amide bonds. The quantitative estimate of drug-likeness (QED) is 0.609. The van der Waals surface area contributed by atoms with E-state index in [0.717, 1.165) is 5.57 Å². The van der Waals surface area contributed by atoms with Crippen LogP contribution < -0.4 is 11.1 Å². The largest absolute Gasteiger partial charge is 0.348 e. The predicted molar refractivity (Wildman–Crippen MR) is 50.6 cm³/mol. The van der Waals surface area contributed by atoms with E-state index in [4.69, 9.17) is 5.73 Å². The van der Waals surface area contributed by atoms with E-state index in [9.17, 15) is 4.79 Å². The van der Waals surface area contributed by atoms with Gasteiger partial charge in [-0.15, -0.1) is 0 Å². The van der Waals surface area contributed by atoms with Gasteiger partial charge < -0.3 is 11.1 Å². The zero-order valence-electron chi connectivity index (χ0n) is 8.05. The third-order valence-corrected chi connectivity index (χ3v) is 1.70. The van der Waals surface area contributed by atoms with Crippen LogP contribution in [-0.4, -0.2) is 18.5 Å². The standard InChI is InChI=1S/C9H18N2O/c1-6(2)9(7(3)4)11-8(12)5-10/h7,9H,1,5,10H2,2-4H3,(H,11,12). The summed E-state index contributed by atoms with van der Waals surface area (Å²) in [6.45, 7) is 9.83. The molecule has 0 heterocycles. The van der Waals surface area contributed by atoms with Crippen molar-refractivity contribution in [1.29, 1.82) is 0 Å². The summed E-state index contributed by atoms with van der Waals surface area (Å²) in [4.78, 5) is 11.0. The lowest BCUT2D eigenvalue weighted by atomic mass is 9.98. The van der Waals surface area contributed by atoms with Gasteiger partial charge in [-0.2, -0.15) is 0 Å². The molecule has 0 spiro atoms. The molecular formula is C9H18N2O. The molecule has 0 aromatic rings. The van der Waals surface area contributed by atoms with Crippen molar-refractivity contribution in [2.24, 2.45) is 11.7 Å². The van der Waals surface area contributed by atoms with Crippen molar-refractivity contribution in [3.05, 3.63) is 12.2 Å². The van der Waals surface area contributed by atoms with E-state index in [0.29, 0.717) is 5.92 Å². The van der Waals surface area contributed by atoms with E-state index in [1.807, 2.05) is 20.8 Å². The van der Waals surface area contributed by atoms with Crippen molar-refractivity contribution in [1.82, 2.24) is 5.32 Å². The summed E-state index contributed by atoms with van der Waals surface area (Å²) in [5.41, 5.74) is 6.14. The van der Waals surface area contributed by atoms with Gasteiger partial charge in [-0.05, 0) is 12.8 Å². The molecule has 3 N–H and O–H groups in total. The highest BCUT2D eigenvalue weighted by Crippen LogP contribution is 2.09. The first-order chi connectivity index (χ1) is 5.49. The molecule has 3 heteroatoms. The summed E-state index contributed by atoms with van der Waals surface area (Å²) in [5, 5.41) is 2.80. The summed E-state index contributed by atoms with van der Waals surface area (Å²) in [7, 11) is 0. The normalized spacial score (nSPS) is 12.8. The molecule has 0 fully saturated rings. The molecule has 0 rings (SSSR count). The first kappa shape index (κ1) is 11.2. The molecule has 0 saturated heterocycles. The van der Waals surface area contributed by atoms with Crippen LogP contribution in [0.25, 0.3) is 0 Å². The fourth-order valence-electron chi connectivity index (χ4n) is 1.09. The number of hydrogen-bond donors (Lipinski definition) is 2. The highest BCUT2D eigenvalue weighted by molar-refractivity contribution is 5.78. The summed E-state index contributed by atoms with van der Waals surface area (Å²) in [6.07, 6.45) is 0. The van der Waals surface area contributed by atoms with Crippen molar-refractivity contribution in [3.8, 4) is 0 Å². The molecule has 0 aromatic carbocycles. The average molecular weight is 170 g/mol. The fraction of sp³-hybridized carbons (Fsp3) is 0.667. The van der Waals surface area contributed by atoms with Gasteiger partial charge in [0.05, 0.1) is 12.6 Å². The number of rotatable bonds is 4. The van der Waals surface area contributed by atoms with Crippen LogP contribution in [0.2, 0.25) is 0 Å². The lowest BCUT2D eigenvalue weighted by Gasteiger charge is -2.22. The first-order valence-electron chi connectivity index (χ1n) is 4.13. The maximum atomic E-state index is 11.0. The van der Waals surface area contributed by atoms with Crippen molar-refractivity contribution in [2.75, 3.05) is 6.54 Å². The number of amides is 1. The summed E-state index contributed by atoms with van der Waals surface area (Å²) in [5.74, 6) is 0.231. The van der Waals surface area contributed by atoms with E-state index >= 15 is 0 Å².